The van der Waals surface area contributed by atoms with Crippen molar-refractivity contribution in [1.82, 2.24) is 0 Å². The van der Waals surface area contributed by atoms with Crippen molar-refractivity contribution in [3.63, 3.8) is 0 Å². The van der Waals surface area contributed by atoms with Crippen LogP contribution in [0.1, 0.15) is 35.3 Å². The summed E-state index contributed by atoms with van der Waals surface area (Å²) in [7, 11) is 0. The van der Waals surface area contributed by atoms with Crippen LogP contribution in [0.25, 0.3) is 0 Å². The van der Waals surface area contributed by atoms with Crippen LogP contribution in [0.3, 0.4) is 0 Å². The molecular formula is C20H20O5. The summed E-state index contributed by atoms with van der Waals surface area (Å²) >= 11 is 0. The van der Waals surface area contributed by atoms with Crippen molar-refractivity contribution in [2.45, 2.75) is 26.9 Å². The monoisotopic (exact) mass is 340 g/mol. The van der Waals surface area contributed by atoms with Crippen LogP contribution in [-0.4, -0.2) is 23.0 Å². The first-order valence-electron chi connectivity index (χ1n) is 7.82. The highest BCUT2D eigenvalue weighted by Gasteiger charge is 2.23. The fourth-order valence-corrected chi connectivity index (χ4v) is 2.29. The molecule has 0 aromatic heterocycles. The summed E-state index contributed by atoms with van der Waals surface area (Å²) in [6, 6.07) is 9.85. The Morgan fingerprint density at radius 3 is 2.40 bits per heavy atom. The molecule has 25 heavy (non-hydrogen) atoms. The first-order valence-corrected chi connectivity index (χ1v) is 7.82. The predicted molar refractivity (Wildman–Crippen MR) is 94.3 cm³/mol. The average molecular weight is 340 g/mol. The van der Waals surface area contributed by atoms with Crippen LogP contribution in [0.5, 0.6) is 17.2 Å². The largest absolute Gasteiger partial charge is 0.507 e. The number of ether oxygens (including phenoxy) is 2. The van der Waals surface area contributed by atoms with E-state index < -0.39 is 5.97 Å². The molecule has 0 amide bonds. The molecule has 0 aliphatic heterocycles. The summed E-state index contributed by atoms with van der Waals surface area (Å²) in [5.41, 5.74) is 0.768. The van der Waals surface area contributed by atoms with Crippen molar-refractivity contribution in [3.8, 4) is 17.2 Å². The standard InChI is InChI=1S/C20H20O5/c1-5-17(21)25-16-11-15(19(23)14-9-7-6-8-10-14)18(22)13(4)20(16)24-12(2)3/h5-12,22H,1H2,2-4H3. The highest BCUT2D eigenvalue weighted by molar-refractivity contribution is 6.11. The van der Waals surface area contributed by atoms with Crippen LogP contribution >= 0.6 is 0 Å². The molecule has 0 saturated carbocycles. The molecule has 0 atom stereocenters. The second-order valence-electron chi connectivity index (χ2n) is 5.71. The quantitative estimate of drug-likeness (QED) is 0.375. The highest BCUT2D eigenvalue weighted by Crippen LogP contribution is 2.41. The third-order valence-corrected chi connectivity index (χ3v) is 3.46. The molecule has 0 spiro atoms. The molecule has 0 radical (unpaired) electrons. The van der Waals surface area contributed by atoms with Gasteiger partial charge in [-0.05, 0) is 26.8 Å². The normalized spacial score (nSPS) is 10.4. The molecule has 2 rings (SSSR count). The molecule has 5 heteroatoms. The second kappa shape index (κ2) is 7.66. The summed E-state index contributed by atoms with van der Waals surface area (Å²) < 4.78 is 10.9. The first kappa shape index (κ1) is 18.3. The highest BCUT2D eigenvalue weighted by atomic mass is 16.6. The Morgan fingerprint density at radius 1 is 1.20 bits per heavy atom. The number of hydrogen-bond acceptors (Lipinski definition) is 5. The second-order valence-corrected chi connectivity index (χ2v) is 5.71. The van der Waals surface area contributed by atoms with Gasteiger partial charge in [0.2, 0.25) is 0 Å². The lowest BCUT2D eigenvalue weighted by atomic mass is 9.99. The number of esters is 1. The lowest BCUT2D eigenvalue weighted by molar-refractivity contribution is -0.129. The van der Waals surface area contributed by atoms with E-state index in [1.54, 1.807) is 51.1 Å². The van der Waals surface area contributed by atoms with Crippen molar-refractivity contribution in [2.75, 3.05) is 0 Å². The van der Waals surface area contributed by atoms with E-state index in [1.165, 1.54) is 6.07 Å². The fourth-order valence-electron chi connectivity index (χ4n) is 2.29. The molecule has 2 aromatic rings. The van der Waals surface area contributed by atoms with E-state index in [9.17, 15) is 14.7 Å². The van der Waals surface area contributed by atoms with Crippen LogP contribution in [0.2, 0.25) is 0 Å². The van der Waals surface area contributed by atoms with Crippen molar-refractivity contribution in [3.05, 3.63) is 65.7 Å². The summed E-state index contributed by atoms with van der Waals surface area (Å²) in [6.45, 7) is 8.57. The van der Waals surface area contributed by atoms with Gasteiger partial charge in [0.15, 0.2) is 17.3 Å². The van der Waals surface area contributed by atoms with Gasteiger partial charge in [-0.1, -0.05) is 36.9 Å². The van der Waals surface area contributed by atoms with Gasteiger partial charge in [0.05, 0.1) is 11.7 Å². The number of ketones is 1. The smallest absolute Gasteiger partial charge is 0.335 e. The number of carbonyl (C=O) groups is 2. The molecular weight excluding hydrogens is 320 g/mol. The van der Waals surface area contributed by atoms with Crippen LogP contribution in [0.15, 0.2) is 49.1 Å². The van der Waals surface area contributed by atoms with Gasteiger partial charge in [0, 0.05) is 17.2 Å². The van der Waals surface area contributed by atoms with Gasteiger partial charge in [-0.15, -0.1) is 0 Å². The molecule has 0 aliphatic carbocycles. The van der Waals surface area contributed by atoms with E-state index in [2.05, 4.69) is 6.58 Å². The van der Waals surface area contributed by atoms with Gasteiger partial charge < -0.3 is 14.6 Å². The van der Waals surface area contributed by atoms with Crippen LogP contribution in [-0.2, 0) is 4.79 Å². The molecule has 0 unspecified atom stereocenters. The van der Waals surface area contributed by atoms with Crippen LogP contribution < -0.4 is 9.47 Å². The number of rotatable bonds is 6. The maximum atomic E-state index is 12.7. The topological polar surface area (TPSA) is 72.8 Å². The first-order chi connectivity index (χ1) is 11.8. The van der Waals surface area contributed by atoms with Gasteiger partial charge in [0.25, 0.3) is 0 Å². The van der Waals surface area contributed by atoms with Gasteiger partial charge in [-0.2, -0.15) is 0 Å². The van der Waals surface area contributed by atoms with E-state index >= 15 is 0 Å². The summed E-state index contributed by atoms with van der Waals surface area (Å²) in [6.07, 6.45) is 0.801. The Morgan fingerprint density at radius 2 is 1.84 bits per heavy atom. The minimum atomic E-state index is -0.684. The number of phenolic OH excluding ortho intramolecular Hbond substituents is 1. The lowest BCUT2D eigenvalue weighted by Gasteiger charge is -2.18. The van der Waals surface area contributed by atoms with E-state index in [0.717, 1.165) is 6.08 Å². The molecule has 0 heterocycles. The maximum Gasteiger partial charge on any atom is 0.335 e. The maximum absolute atomic E-state index is 12.7. The van der Waals surface area contributed by atoms with E-state index in [0.29, 0.717) is 11.1 Å². The Hall–Kier alpha value is -3.08. The zero-order valence-electron chi connectivity index (χ0n) is 14.4. The minimum Gasteiger partial charge on any atom is -0.507 e. The molecule has 2 aromatic carbocycles. The summed E-state index contributed by atoms with van der Waals surface area (Å²) in [4.78, 5) is 24.3. The van der Waals surface area contributed by atoms with Gasteiger partial charge in [-0.3, -0.25) is 4.79 Å². The lowest BCUT2D eigenvalue weighted by Crippen LogP contribution is -2.12. The van der Waals surface area contributed by atoms with Crippen molar-refractivity contribution in [1.29, 1.82) is 0 Å². The zero-order chi connectivity index (χ0) is 18.6. The SMILES string of the molecule is C=CC(=O)Oc1cc(C(=O)c2ccccc2)c(O)c(C)c1OC(C)C. The van der Waals surface area contributed by atoms with Crippen molar-refractivity contribution in [2.24, 2.45) is 0 Å². The Balaban J connectivity index is 2.60. The molecule has 5 nitrogen and oxygen atoms in total. The van der Waals surface area contributed by atoms with E-state index in [-0.39, 0.29) is 34.7 Å². The molecule has 130 valence electrons. The summed E-state index contributed by atoms with van der Waals surface area (Å²) in [5, 5.41) is 10.5. The van der Waals surface area contributed by atoms with E-state index in [1.807, 2.05) is 0 Å². The van der Waals surface area contributed by atoms with E-state index in [4.69, 9.17) is 9.47 Å². The number of phenols is 1. The molecule has 0 bridgehead atoms. The average Bonchev–Trinajstić information content (AvgIpc) is 2.60. The summed E-state index contributed by atoms with van der Waals surface area (Å²) in [5.74, 6) is -0.992. The van der Waals surface area contributed by atoms with Gasteiger partial charge >= 0.3 is 5.97 Å². The number of benzene rings is 2. The Kier molecular flexibility index (Phi) is 5.60. The number of hydrogen-bond donors (Lipinski definition) is 1. The number of aromatic hydroxyl groups is 1. The minimum absolute atomic E-state index is 0.0340. The fraction of sp³-hybridized carbons (Fsp3) is 0.200. The van der Waals surface area contributed by atoms with Crippen molar-refractivity contribution < 1.29 is 24.2 Å². The number of carbonyl (C=O) groups excluding carboxylic acids is 2. The van der Waals surface area contributed by atoms with Gasteiger partial charge in [0.1, 0.15) is 5.75 Å². The molecule has 0 fully saturated rings. The van der Waals surface area contributed by atoms with Crippen LogP contribution in [0, 0.1) is 6.92 Å². The molecule has 0 aliphatic rings. The molecule has 1 N–H and O–H groups in total. The van der Waals surface area contributed by atoms with Crippen molar-refractivity contribution >= 4 is 11.8 Å². The Bertz CT molecular complexity index is 807. The van der Waals surface area contributed by atoms with Crippen LogP contribution in [0.4, 0.5) is 0 Å². The third-order valence-electron chi connectivity index (χ3n) is 3.46. The third kappa shape index (κ3) is 4.07. The Labute approximate surface area is 146 Å². The molecule has 0 saturated heterocycles. The zero-order valence-corrected chi connectivity index (χ0v) is 14.4. The van der Waals surface area contributed by atoms with Gasteiger partial charge in [-0.25, -0.2) is 4.79 Å². The predicted octanol–water partition coefficient (Wildman–Crippen LogP) is 3.81.